The lowest BCUT2D eigenvalue weighted by Gasteiger charge is -2.11. The minimum Gasteiger partial charge on any atom is -0.454 e. The Bertz CT molecular complexity index is 390. The van der Waals surface area contributed by atoms with E-state index in [1.165, 1.54) is 0 Å². The van der Waals surface area contributed by atoms with Gasteiger partial charge in [-0.3, -0.25) is 0 Å². The summed E-state index contributed by atoms with van der Waals surface area (Å²) in [5.74, 6) is 1.38. The van der Waals surface area contributed by atoms with Crippen LogP contribution in [0.4, 0.5) is 0 Å². The Kier molecular flexibility index (Phi) is 2.98. The molecule has 15 heavy (non-hydrogen) atoms. The molecular weight excluding hydrogens is 260 g/mol. The Labute approximate surface area is 96.4 Å². The van der Waals surface area contributed by atoms with Crippen LogP contribution in [-0.2, 0) is 0 Å². The minimum absolute atomic E-state index is 0.239. The first kappa shape index (κ1) is 10.5. The molecule has 0 radical (unpaired) electrons. The van der Waals surface area contributed by atoms with Gasteiger partial charge in [0.1, 0.15) is 0 Å². The highest BCUT2D eigenvalue weighted by Gasteiger charge is 2.19. The van der Waals surface area contributed by atoms with Crippen LogP contribution in [0.5, 0.6) is 11.5 Å². The van der Waals surface area contributed by atoms with Gasteiger partial charge in [0, 0.05) is 4.47 Å². The normalized spacial score (nSPS) is 15.1. The molecule has 2 rings (SSSR count). The van der Waals surface area contributed by atoms with E-state index >= 15 is 0 Å². The van der Waals surface area contributed by atoms with Crippen LogP contribution in [0, 0.1) is 0 Å². The lowest BCUT2D eigenvalue weighted by molar-refractivity contribution is 0.172. The molecule has 1 aromatic rings. The van der Waals surface area contributed by atoms with E-state index in [0.717, 1.165) is 10.0 Å². The van der Waals surface area contributed by atoms with Crippen LogP contribution in [0.2, 0.25) is 0 Å². The molecule has 0 fully saturated rings. The van der Waals surface area contributed by atoms with Gasteiger partial charge >= 0.3 is 0 Å². The molecule has 1 atom stereocenters. The summed E-state index contributed by atoms with van der Waals surface area (Å²) in [5, 5.41) is 9.83. The Morgan fingerprint density at radius 1 is 1.47 bits per heavy atom. The van der Waals surface area contributed by atoms with Gasteiger partial charge in [-0.1, -0.05) is 22.0 Å². The largest absolute Gasteiger partial charge is 0.454 e. The van der Waals surface area contributed by atoms with Crippen molar-refractivity contribution in [1.82, 2.24) is 0 Å². The Morgan fingerprint density at radius 2 is 2.13 bits per heavy atom. The maximum Gasteiger partial charge on any atom is 0.231 e. The molecule has 0 bridgehead atoms. The predicted octanol–water partition coefficient (Wildman–Crippen LogP) is 2.79. The summed E-state index contributed by atoms with van der Waals surface area (Å²) >= 11 is 3.39. The molecule has 1 aromatic carbocycles. The van der Waals surface area contributed by atoms with Gasteiger partial charge in [0.05, 0.1) is 6.10 Å². The summed E-state index contributed by atoms with van der Waals surface area (Å²) < 4.78 is 11.3. The Hall–Kier alpha value is -1.00. The van der Waals surface area contributed by atoms with Gasteiger partial charge < -0.3 is 14.6 Å². The lowest BCUT2D eigenvalue weighted by atomic mass is 10.1. The molecule has 0 saturated heterocycles. The fourth-order valence-electron chi connectivity index (χ4n) is 1.47. The molecule has 0 aromatic heterocycles. The molecule has 1 N–H and O–H groups in total. The van der Waals surface area contributed by atoms with Crippen molar-refractivity contribution in [1.29, 1.82) is 0 Å². The molecule has 1 aliphatic heterocycles. The van der Waals surface area contributed by atoms with E-state index in [1.807, 2.05) is 6.07 Å². The zero-order chi connectivity index (χ0) is 10.8. The van der Waals surface area contributed by atoms with Crippen molar-refractivity contribution in [3.63, 3.8) is 0 Å². The zero-order valence-corrected chi connectivity index (χ0v) is 9.66. The topological polar surface area (TPSA) is 38.7 Å². The standard InChI is InChI=1S/C11H11BrO3/c1-2-3-9(13)7-4-10-11(5-8(7)12)15-6-14-10/h2,4-5,9,13H,1,3,6H2/t9-/m1/s1. The lowest BCUT2D eigenvalue weighted by Crippen LogP contribution is -1.97. The molecule has 4 heteroatoms. The molecule has 3 nitrogen and oxygen atoms in total. The van der Waals surface area contributed by atoms with Gasteiger partial charge in [0.2, 0.25) is 6.79 Å². The average Bonchev–Trinajstić information content (AvgIpc) is 2.63. The van der Waals surface area contributed by atoms with Crippen molar-refractivity contribution >= 4 is 15.9 Å². The highest BCUT2D eigenvalue weighted by atomic mass is 79.9. The van der Waals surface area contributed by atoms with Crippen LogP contribution in [0.1, 0.15) is 18.1 Å². The average molecular weight is 271 g/mol. The maximum atomic E-state index is 9.83. The van der Waals surface area contributed by atoms with Crippen molar-refractivity contribution in [3.05, 3.63) is 34.8 Å². The van der Waals surface area contributed by atoms with E-state index in [4.69, 9.17) is 9.47 Å². The molecule has 0 amide bonds. The van der Waals surface area contributed by atoms with E-state index in [-0.39, 0.29) is 6.79 Å². The summed E-state index contributed by atoms with van der Waals surface area (Å²) in [6.07, 6.45) is 1.63. The van der Waals surface area contributed by atoms with Crippen LogP contribution >= 0.6 is 15.9 Å². The Balaban J connectivity index is 2.35. The van der Waals surface area contributed by atoms with Gasteiger partial charge in [0.25, 0.3) is 0 Å². The number of hydrogen-bond acceptors (Lipinski definition) is 3. The number of halogens is 1. The molecule has 1 heterocycles. The summed E-state index contributed by atoms with van der Waals surface area (Å²) in [7, 11) is 0. The van der Waals surface area contributed by atoms with Crippen molar-refractivity contribution in [3.8, 4) is 11.5 Å². The van der Waals surface area contributed by atoms with Gasteiger partial charge in [0.15, 0.2) is 11.5 Å². The summed E-state index contributed by atoms with van der Waals surface area (Å²) in [6, 6.07) is 3.60. The van der Waals surface area contributed by atoms with E-state index < -0.39 is 6.10 Å². The molecule has 0 unspecified atom stereocenters. The second-order valence-corrected chi connectivity index (χ2v) is 4.12. The smallest absolute Gasteiger partial charge is 0.231 e. The SMILES string of the molecule is C=CC[C@@H](O)c1cc2c(cc1Br)OCO2. The van der Waals surface area contributed by atoms with E-state index in [9.17, 15) is 5.11 Å². The van der Waals surface area contributed by atoms with Gasteiger partial charge in [-0.2, -0.15) is 0 Å². The molecule has 80 valence electrons. The first-order valence-electron chi connectivity index (χ1n) is 4.60. The number of rotatable bonds is 3. The number of fused-ring (bicyclic) bond motifs is 1. The molecule has 0 spiro atoms. The van der Waals surface area contributed by atoms with E-state index in [2.05, 4.69) is 22.5 Å². The van der Waals surface area contributed by atoms with Crippen LogP contribution in [0.15, 0.2) is 29.3 Å². The fourth-order valence-corrected chi connectivity index (χ4v) is 2.06. The maximum absolute atomic E-state index is 9.83. The number of ether oxygens (including phenoxy) is 2. The first-order chi connectivity index (χ1) is 7.22. The van der Waals surface area contributed by atoms with Crippen LogP contribution in [0.3, 0.4) is 0 Å². The fraction of sp³-hybridized carbons (Fsp3) is 0.273. The predicted molar refractivity (Wildman–Crippen MR) is 60.0 cm³/mol. The van der Waals surface area contributed by atoms with Crippen molar-refractivity contribution in [2.24, 2.45) is 0 Å². The van der Waals surface area contributed by atoms with Crippen LogP contribution < -0.4 is 9.47 Å². The van der Waals surface area contributed by atoms with Gasteiger partial charge in [-0.05, 0) is 24.1 Å². The van der Waals surface area contributed by atoms with Crippen molar-refractivity contribution in [2.45, 2.75) is 12.5 Å². The monoisotopic (exact) mass is 270 g/mol. The highest BCUT2D eigenvalue weighted by molar-refractivity contribution is 9.10. The molecule has 1 aliphatic rings. The minimum atomic E-state index is -0.564. The quantitative estimate of drug-likeness (QED) is 0.859. The van der Waals surface area contributed by atoms with Crippen molar-refractivity contribution < 1.29 is 14.6 Å². The highest BCUT2D eigenvalue weighted by Crippen LogP contribution is 2.39. The molecule has 0 saturated carbocycles. The summed E-state index contributed by atoms with van der Waals surface area (Å²) in [4.78, 5) is 0. The van der Waals surface area contributed by atoms with E-state index in [1.54, 1.807) is 12.1 Å². The molecular formula is C11H11BrO3. The third-order valence-electron chi connectivity index (χ3n) is 2.24. The number of aliphatic hydroxyl groups excluding tert-OH is 1. The van der Waals surface area contributed by atoms with Crippen LogP contribution in [0.25, 0.3) is 0 Å². The number of hydrogen-bond donors (Lipinski definition) is 1. The summed E-state index contributed by atoms with van der Waals surface area (Å²) in [5.41, 5.74) is 0.791. The van der Waals surface area contributed by atoms with Crippen LogP contribution in [-0.4, -0.2) is 11.9 Å². The zero-order valence-electron chi connectivity index (χ0n) is 8.07. The second kappa shape index (κ2) is 4.24. The third-order valence-corrected chi connectivity index (χ3v) is 2.93. The second-order valence-electron chi connectivity index (χ2n) is 3.27. The Morgan fingerprint density at radius 3 is 2.80 bits per heavy atom. The molecule has 0 aliphatic carbocycles. The summed E-state index contributed by atoms with van der Waals surface area (Å²) in [6.45, 7) is 3.84. The first-order valence-corrected chi connectivity index (χ1v) is 5.39. The van der Waals surface area contributed by atoms with Gasteiger partial charge in [-0.25, -0.2) is 0 Å². The third kappa shape index (κ3) is 2.01. The van der Waals surface area contributed by atoms with E-state index in [0.29, 0.717) is 17.9 Å². The van der Waals surface area contributed by atoms with Gasteiger partial charge in [-0.15, -0.1) is 6.58 Å². The number of benzene rings is 1. The van der Waals surface area contributed by atoms with Crippen molar-refractivity contribution in [2.75, 3.05) is 6.79 Å². The number of aliphatic hydroxyl groups is 1.